The van der Waals surface area contributed by atoms with Gasteiger partial charge in [0.05, 0.1) is 12.3 Å². The molecule has 0 bridgehead atoms. The molecule has 1 aromatic carbocycles. The predicted molar refractivity (Wildman–Crippen MR) is 104 cm³/mol. The van der Waals surface area contributed by atoms with Crippen LogP contribution in [0.5, 0.6) is 5.75 Å². The molecule has 0 amide bonds. The van der Waals surface area contributed by atoms with Crippen molar-refractivity contribution >= 4 is 35.1 Å². The quantitative estimate of drug-likeness (QED) is 0.367. The second kappa shape index (κ2) is 10.7. The van der Waals surface area contributed by atoms with Gasteiger partial charge in [-0.15, -0.1) is 0 Å². The zero-order chi connectivity index (χ0) is 17.2. The van der Waals surface area contributed by atoms with Crippen molar-refractivity contribution in [3.05, 3.63) is 51.4 Å². The molecule has 0 fully saturated rings. The minimum Gasteiger partial charge on any atom is -0.494 e. The molecule has 4 nitrogen and oxygen atoms in total. The fourth-order valence-corrected chi connectivity index (χ4v) is 3.51. The highest BCUT2D eigenvalue weighted by molar-refractivity contribution is 7.99. The summed E-state index contributed by atoms with van der Waals surface area (Å²) < 4.78 is 5.65. The first-order chi connectivity index (χ1) is 11.7. The molecule has 24 heavy (non-hydrogen) atoms. The van der Waals surface area contributed by atoms with Gasteiger partial charge >= 0.3 is 0 Å². The number of nitrogens with one attached hydrogen (secondary N) is 1. The second-order valence-corrected chi connectivity index (χ2v) is 7.83. The van der Waals surface area contributed by atoms with Crippen molar-refractivity contribution in [2.24, 2.45) is 0 Å². The number of thioether (sulfide) groups is 2. The van der Waals surface area contributed by atoms with E-state index in [0.717, 1.165) is 41.5 Å². The van der Waals surface area contributed by atoms with Gasteiger partial charge in [-0.2, -0.15) is 11.8 Å². The van der Waals surface area contributed by atoms with Gasteiger partial charge in [0.15, 0.2) is 5.16 Å². The first-order valence-corrected chi connectivity index (χ1v) is 10.4. The van der Waals surface area contributed by atoms with Crippen LogP contribution in [-0.2, 0) is 5.75 Å². The fraction of sp³-hybridized carbons (Fsp3) is 0.412. The van der Waals surface area contributed by atoms with Crippen LogP contribution in [0.1, 0.15) is 25.5 Å². The Bertz CT molecular complexity index is 677. The number of nitrogens with zero attached hydrogens (tertiary/aromatic N) is 1. The van der Waals surface area contributed by atoms with Gasteiger partial charge in [0, 0.05) is 22.6 Å². The van der Waals surface area contributed by atoms with Crippen LogP contribution in [0.3, 0.4) is 0 Å². The average molecular weight is 385 g/mol. The lowest BCUT2D eigenvalue weighted by Crippen LogP contribution is -2.09. The largest absolute Gasteiger partial charge is 0.494 e. The van der Waals surface area contributed by atoms with E-state index in [1.807, 2.05) is 24.3 Å². The van der Waals surface area contributed by atoms with Crippen LogP contribution < -0.4 is 10.3 Å². The van der Waals surface area contributed by atoms with E-state index in [9.17, 15) is 4.79 Å². The lowest BCUT2D eigenvalue weighted by molar-refractivity contribution is 0.310. The summed E-state index contributed by atoms with van der Waals surface area (Å²) in [5.41, 5.74) is 0.768. The van der Waals surface area contributed by atoms with Crippen molar-refractivity contribution in [2.45, 2.75) is 30.7 Å². The molecule has 0 unspecified atom stereocenters. The van der Waals surface area contributed by atoms with Crippen molar-refractivity contribution in [3.63, 3.8) is 0 Å². The number of hydrogen-bond donors (Lipinski definition) is 1. The summed E-state index contributed by atoms with van der Waals surface area (Å²) in [5.74, 6) is 3.53. The van der Waals surface area contributed by atoms with E-state index in [0.29, 0.717) is 16.8 Å². The first kappa shape index (κ1) is 19.2. The fourth-order valence-electron chi connectivity index (χ4n) is 1.93. The van der Waals surface area contributed by atoms with Crippen LogP contribution in [0, 0.1) is 0 Å². The Balaban J connectivity index is 1.67. The van der Waals surface area contributed by atoms with E-state index in [4.69, 9.17) is 16.3 Å². The Morgan fingerprint density at radius 2 is 2.04 bits per heavy atom. The van der Waals surface area contributed by atoms with Crippen molar-refractivity contribution in [3.8, 4) is 5.75 Å². The number of H-pyrrole nitrogens is 1. The number of rotatable bonds is 10. The maximum absolute atomic E-state index is 11.6. The highest BCUT2D eigenvalue weighted by atomic mass is 35.5. The number of benzene rings is 1. The van der Waals surface area contributed by atoms with E-state index in [2.05, 4.69) is 16.9 Å². The standard InChI is InChI=1S/C17H21ClN2O2S2/c1-2-23-12-14-11-16(21)20-17(19-14)24-10-4-3-9-22-15-7-5-13(18)6-8-15/h5-8,11H,2-4,9-10,12H2,1H3,(H,19,20,21). The van der Waals surface area contributed by atoms with Crippen LogP contribution in [-0.4, -0.2) is 28.1 Å². The molecule has 0 radical (unpaired) electrons. The summed E-state index contributed by atoms with van der Waals surface area (Å²) >= 11 is 9.18. The number of ether oxygens (including phenoxy) is 1. The van der Waals surface area contributed by atoms with Gasteiger partial charge in [0.25, 0.3) is 5.56 Å². The summed E-state index contributed by atoms with van der Waals surface area (Å²) in [6, 6.07) is 8.95. The van der Waals surface area contributed by atoms with Crippen LogP contribution >= 0.6 is 35.1 Å². The normalized spacial score (nSPS) is 10.8. The van der Waals surface area contributed by atoms with E-state index in [-0.39, 0.29) is 5.56 Å². The molecule has 1 N–H and O–H groups in total. The number of halogens is 1. The molecule has 130 valence electrons. The van der Waals surface area contributed by atoms with Gasteiger partial charge in [-0.05, 0) is 42.9 Å². The van der Waals surface area contributed by atoms with Gasteiger partial charge in [-0.25, -0.2) is 4.98 Å². The Labute approximate surface area is 155 Å². The molecule has 0 atom stereocenters. The Hall–Kier alpha value is -1.11. The van der Waals surface area contributed by atoms with Gasteiger partial charge < -0.3 is 9.72 Å². The molecule has 0 aliphatic carbocycles. The maximum atomic E-state index is 11.6. The molecule has 1 aromatic heterocycles. The zero-order valence-electron chi connectivity index (χ0n) is 13.6. The molecule has 0 spiro atoms. The van der Waals surface area contributed by atoms with Crippen molar-refractivity contribution in [2.75, 3.05) is 18.1 Å². The third-order valence-corrected chi connectivity index (χ3v) is 5.21. The van der Waals surface area contributed by atoms with Crippen molar-refractivity contribution in [1.29, 1.82) is 0 Å². The van der Waals surface area contributed by atoms with Crippen LogP contribution in [0.4, 0.5) is 0 Å². The molecule has 7 heteroatoms. The predicted octanol–water partition coefficient (Wildman–Crippen LogP) is 4.63. The van der Waals surface area contributed by atoms with E-state index < -0.39 is 0 Å². The third-order valence-electron chi connectivity index (χ3n) is 3.09. The van der Waals surface area contributed by atoms with Crippen LogP contribution in [0.25, 0.3) is 0 Å². The number of aromatic nitrogens is 2. The summed E-state index contributed by atoms with van der Waals surface area (Å²) in [5, 5.41) is 1.41. The topological polar surface area (TPSA) is 55.0 Å². The average Bonchev–Trinajstić information content (AvgIpc) is 2.57. The maximum Gasteiger partial charge on any atom is 0.251 e. The van der Waals surface area contributed by atoms with Gasteiger partial charge in [0.2, 0.25) is 0 Å². The van der Waals surface area contributed by atoms with E-state index in [1.54, 1.807) is 29.6 Å². The SMILES string of the molecule is CCSCc1cc(=O)[nH]c(SCCCCOc2ccc(Cl)cc2)n1. The number of aromatic amines is 1. The minimum absolute atomic E-state index is 0.0784. The Morgan fingerprint density at radius 3 is 2.79 bits per heavy atom. The molecule has 2 rings (SSSR count). The van der Waals surface area contributed by atoms with Gasteiger partial charge in [0.1, 0.15) is 5.75 Å². The molecule has 0 saturated carbocycles. The molecule has 1 heterocycles. The van der Waals surface area contributed by atoms with E-state index >= 15 is 0 Å². The molecular weight excluding hydrogens is 364 g/mol. The summed E-state index contributed by atoms with van der Waals surface area (Å²) in [4.78, 5) is 18.9. The summed E-state index contributed by atoms with van der Waals surface area (Å²) in [7, 11) is 0. The summed E-state index contributed by atoms with van der Waals surface area (Å²) in [6.45, 7) is 2.76. The van der Waals surface area contributed by atoms with Crippen LogP contribution in [0.15, 0.2) is 40.3 Å². The molecular formula is C17H21ClN2O2S2. The van der Waals surface area contributed by atoms with E-state index in [1.165, 1.54) is 0 Å². The highest BCUT2D eigenvalue weighted by Crippen LogP contribution is 2.17. The smallest absolute Gasteiger partial charge is 0.251 e. The first-order valence-electron chi connectivity index (χ1n) is 7.86. The third kappa shape index (κ3) is 7.20. The van der Waals surface area contributed by atoms with Crippen molar-refractivity contribution < 1.29 is 4.74 Å². The summed E-state index contributed by atoms with van der Waals surface area (Å²) in [6.07, 6.45) is 1.95. The molecule has 0 aliphatic rings. The second-order valence-electron chi connectivity index (χ2n) is 5.04. The minimum atomic E-state index is -0.0784. The highest BCUT2D eigenvalue weighted by Gasteiger charge is 2.02. The van der Waals surface area contributed by atoms with Gasteiger partial charge in [-0.3, -0.25) is 4.79 Å². The zero-order valence-corrected chi connectivity index (χ0v) is 16.0. The Kier molecular flexibility index (Phi) is 8.56. The number of hydrogen-bond acceptors (Lipinski definition) is 5. The monoisotopic (exact) mass is 384 g/mol. The number of unbranched alkanes of at least 4 members (excludes halogenated alkanes) is 1. The Morgan fingerprint density at radius 1 is 1.25 bits per heavy atom. The molecule has 0 saturated heterocycles. The lowest BCUT2D eigenvalue weighted by atomic mass is 10.3. The molecule has 0 aliphatic heterocycles. The lowest BCUT2D eigenvalue weighted by Gasteiger charge is -2.06. The van der Waals surface area contributed by atoms with Gasteiger partial charge in [-0.1, -0.05) is 30.3 Å². The molecule has 2 aromatic rings. The van der Waals surface area contributed by atoms with Crippen LogP contribution in [0.2, 0.25) is 5.02 Å². The van der Waals surface area contributed by atoms with Crippen molar-refractivity contribution in [1.82, 2.24) is 9.97 Å².